The second kappa shape index (κ2) is 8.73. The predicted octanol–water partition coefficient (Wildman–Crippen LogP) is 2.47. The van der Waals surface area contributed by atoms with E-state index in [9.17, 15) is 4.79 Å². The maximum Gasteiger partial charge on any atom is 0.318 e. The number of hydrogen-bond acceptors (Lipinski definition) is 6. The van der Waals surface area contributed by atoms with Gasteiger partial charge in [-0.1, -0.05) is 22.8 Å². The van der Waals surface area contributed by atoms with E-state index in [2.05, 4.69) is 32.2 Å². The number of carbonyl (C=O) groups is 1. The van der Waals surface area contributed by atoms with Gasteiger partial charge in [0, 0.05) is 37.7 Å². The Morgan fingerprint density at radius 1 is 1.11 bits per heavy atom. The SMILES string of the molecule is Cc1ccc(-c2nnc(N3CCC(C(=O)NCCN4CCCC4)CC3)o2)cc1. The zero-order chi connectivity index (χ0) is 19.3. The van der Waals surface area contributed by atoms with Gasteiger partial charge in [0.05, 0.1) is 0 Å². The molecule has 2 aliphatic heterocycles. The summed E-state index contributed by atoms with van der Waals surface area (Å²) in [5.41, 5.74) is 2.13. The van der Waals surface area contributed by atoms with Gasteiger partial charge < -0.3 is 19.5 Å². The van der Waals surface area contributed by atoms with Crippen molar-refractivity contribution in [3.8, 4) is 11.5 Å². The van der Waals surface area contributed by atoms with Crippen LogP contribution in [0.25, 0.3) is 11.5 Å². The first-order chi connectivity index (χ1) is 13.7. The lowest BCUT2D eigenvalue weighted by molar-refractivity contribution is -0.125. The lowest BCUT2D eigenvalue weighted by Crippen LogP contribution is -2.42. The number of piperidine rings is 1. The van der Waals surface area contributed by atoms with Crippen LogP contribution in [0.5, 0.6) is 0 Å². The molecule has 1 N–H and O–H groups in total. The van der Waals surface area contributed by atoms with Crippen LogP contribution in [0.15, 0.2) is 28.7 Å². The molecule has 0 bridgehead atoms. The Labute approximate surface area is 166 Å². The van der Waals surface area contributed by atoms with E-state index in [0.29, 0.717) is 11.9 Å². The summed E-state index contributed by atoms with van der Waals surface area (Å²) in [6, 6.07) is 8.60. The molecule has 0 radical (unpaired) electrons. The quantitative estimate of drug-likeness (QED) is 0.826. The maximum absolute atomic E-state index is 12.4. The van der Waals surface area contributed by atoms with Crippen molar-refractivity contribution in [3.05, 3.63) is 29.8 Å². The normalized spacial score (nSPS) is 18.5. The van der Waals surface area contributed by atoms with Crippen LogP contribution in [0.2, 0.25) is 0 Å². The molecule has 7 nitrogen and oxygen atoms in total. The number of nitrogens with one attached hydrogen (secondary N) is 1. The Hall–Kier alpha value is -2.41. The van der Waals surface area contributed by atoms with Crippen molar-refractivity contribution in [3.63, 3.8) is 0 Å². The molecule has 2 fully saturated rings. The number of hydrogen-bond donors (Lipinski definition) is 1. The van der Waals surface area contributed by atoms with Crippen LogP contribution < -0.4 is 10.2 Å². The minimum absolute atomic E-state index is 0.0781. The molecule has 0 atom stereocenters. The third-order valence-corrected chi connectivity index (χ3v) is 5.78. The fourth-order valence-corrected chi connectivity index (χ4v) is 3.98. The summed E-state index contributed by atoms with van der Waals surface area (Å²) < 4.78 is 5.86. The summed E-state index contributed by atoms with van der Waals surface area (Å²) in [5.74, 6) is 0.802. The van der Waals surface area contributed by atoms with Crippen molar-refractivity contribution in [1.29, 1.82) is 0 Å². The van der Waals surface area contributed by atoms with E-state index in [4.69, 9.17) is 4.42 Å². The van der Waals surface area contributed by atoms with Crippen LogP contribution in [0.3, 0.4) is 0 Å². The van der Waals surface area contributed by atoms with E-state index in [1.54, 1.807) is 0 Å². The predicted molar refractivity (Wildman–Crippen MR) is 108 cm³/mol. The largest absolute Gasteiger partial charge is 0.403 e. The van der Waals surface area contributed by atoms with Crippen molar-refractivity contribution >= 4 is 11.9 Å². The molecule has 28 heavy (non-hydrogen) atoms. The molecule has 0 aliphatic carbocycles. The second-order valence-corrected chi connectivity index (χ2v) is 7.86. The Bertz CT molecular complexity index is 774. The second-order valence-electron chi connectivity index (χ2n) is 7.86. The minimum atomic E-state index is 0.0781. The Morgan fingerprint density at radius 3 is 2.54 bits per heavy atom. The van der Waals surface area contributed by atoms with Gasteiger partial charge in [0.25, 0.3) is 0 Å². The molecule has 3 heterocycles. The highest BCUT2D eigenvalue weighted by molar-refractivity contribution is 5.78. The van der Waals surface area contributed by atoms with Gasteiger partial charge >= 0.3 is 6.01 Å². The number of likely N-dealkylation sites (tertiary alicyclic amines) is 1. The van der Waals surface area contributed by atoms with Crippen molar-refractivity contribution in [2.24, 2.45) is 5.92 Å². The molecule has 2 saturated heterocycles. The molecule has 1 amide bonds. The third kappa shape index (κ3) is 4.52. The molecular weight excluding hydrogens is 354 g/mol. The van der Waals surface area contributed by atoms with Crippen LogP contribution in [-0.4, -0.2) is 60.3 Å². The molecular formula is C21H29N5O2. The van der Waals surface area contributed by atoms with E-state index in [-0.39, 0.29) is 11.8 Å². The Kier molecular flexibility index (Phi) is 5.90. The molecule has 0 saturated carbocycles. The van der Waals surface area contributed by atoms with Gasteiger partial charge in [0.15, 0.2) is 0 Å². The monoisotopic (exact) mass is 383 g/mol. The van der Waals surface area contributed by atoms with Crippen LogP contribution in [0.1, 0.15) is 31.2 Å². The van der Waals surface area contributed by atoms with Gasteiger partial charge in [-0.05, 0) is 57.8 Å². The maximum atomic E-state index is 12.4. The number of aryl methyl sites for hydroxylation is 1. The summed E-state index contributed by atoms with van der Waals surface area (Å²) in [5, 5.41) is 11.5. The lowest BCUT2D eigenvalue weighted by atomic mass is 9.96. The van der Waals surface area contributed by atoms with Crippen LogP contribution in [0.4, 0.5) is 6.01 Å². The third-order valence-electron chi connectivity index (χ3n) is 5.78. The summed E-state index contributed by atoms with van der Waals surface area (Å²) in [6.45, 7) is 7.64. The number of carbonyl (C=O) groups excluding carboxylic acids is 1. The van der Waals surface area contributed by atoms with Crippen molar-refractivity contribution in [1.82, 2.24) is 20.4 Å². The van der Waals surface area contributed by atoms with Crippen molar-refractivity contribution in [2.45, 2.75) is 32.6 Å². The number of nitrogens with zero attached hydrogens (tertiary/aromatic N) is 4. The zero-order valence-corrected chi connectivity index (χ0v) is 16.6. The van der Waals surface area contributed by atoms with E-state index < -0.39 is 0 Å². The van der Waals surface area contributed by atoms with Gasteiger partial charge in [-0.25, -0.2) is 0 Å². The first kappa shape index (κ1) is 18.9. The van der Waals surface area contributed by atoms with E-state index in [0.717, 1.165) is 44.6 Å². The number of rotatable bonds is 6. The molecule has 2 aromatic rings. The average molecular weight is 383 g/mol. The fraction of sp³-hybridized carbons (Fsp3) is 0.571. The van der Waals surface area contributed by atoms with Gasteiger partial charge in [-0.15, -0.1) is 5.10 Å². The number of anilines is 1. The molecule has 1 aromatic heterocycles. The average Bonchev–Trinajstić information content (AvgIpc) is 3.41. The molecule has 7 heteroatoms. The molecule has 150 valence electrons. The summed E-state index contributed by atoms with van der Waals surface area (Å²) in [4.78, 5) is 16.9. The van der Waals surface area contributed by atoms with E-state index >= 15 is 0 Å². The Morgan fingerprint density at radius 2 is 1.82 bits per heavy atom. The van der Waals surface area contributed by atoms with Gasteiger partial charge in [-0.2, -0.15) is 0 Å². The Balaban J connectivity index is 1.24. The van der Waals surface area contributed by atoms with E-state index in [1.165, 1.54) is 31.5 Å². The van der Waals surface area contributed by atoms with Crippen LogP contribution >= 0.6 is 0 Å². The molecule has 2 aliphatic rings. The molecule has 0 unspecified atom stereocenters. The number of aromatic nitrogens is 2. The minimum Gasteiger partial charge on any atom is -0.403 e. The standard InChI is InChI=1S/C21H29N5O2/c1-16-4-6-18(7-5-16)20-23-24-21(28-20)26-13-8-17(9-14-26)19(27)22-10-15-25-11-2-3-12-25/h4-7,17H,2-3,8-15H2,1H3,(H,22,27). The summed E-state index contributed by atoms with van der Waals surface area (Å²) in [7, 11) is 0. The van der Waals surface area contributed by atoms with Crippen LogP contribution in [-0.2, 0) is 4.79 Å². The number of amides is 1. The molecule has 1 aromatic carbocycles. The number of benzene rings is 1. The fourth-order valence-electron chi connectivity index (χ4n) is 3.98. The van der Waals surface area contributed by atoms with Crippen LogP contribution in [0, 0.1) is 12.8 Å². The van der Waals surface area contributed by atoms with Gasteiger partial charge in [-0.3, -0.25) is 4.79 Å². The molecule has 4 rings (SSSR count). The van der Waals surface area contributed by atoms with E-state index in [1.807, 2.05) is 24.3 Å². The van der Waals surface area contributed by atoms with Gasteiger partial charge in [0.1, 0.15) is 0 Å². The lowest BCUT2D eigenvalue weighted by Gasteiger charge is -2.30. The van der Waals surface area contributed by atoms with Crippen molar-refractivity contribution < 1.29 is 9.21 Å². The highest BCUT2D eigenvalue weighted by Crippen LogP contribution is 2.26. The highest BCUT2D eigenvalue weighted by atomic mass is 16.4. The highest BCUT2D eigenvalue weighted by Gasteiger charge is 2.27. The van der Waals surface area contributed by atoms with Crippen molar-refractivity contribution in [2.75, 3.05) is 44.2 Å². The smallest absolute Gasteiger partial charge is 0.318 e. The first-order valence-corrected chi connectivity index (χ1v) is 10.3. The topological polar surface area (TPSA) is 74.5 Å². The summed E-state index contributed by atoms with van der Waals surface area (Å²) in [6.07, 6.45) is 4.21. The summed E-state index contributed by atoms with van der Waals surface area (Å²) >= 11 is 0. The zero-order valence-electron chi connectivity index (χ0n) is 16.6. The molecule has 0 spiro atoms. The van der Waals surface area contributed by atoms with Gasteiger partial charge in [0.2, 0.25) is 11.8 Å². The first-order valence-electron chi connectivity index (χ1n) is 10.3.